The molecule has 1 aromatic carbocycles. The van der Waals surface area contributed by atoms with Crippen molar-refractivity contribution in [1.82, 2.24) is 0 Å². The largest absolute Gasteiger partial charge is 0.461 e. The molecule has 0 aliphatic rings. The summed E-state index contributed by atoms with van der Waals surface area (Å²) in [6.45, 7) is 1.88. The Morgan fingerprint density at radius 2 is 2.17 bits per heavy atom. The highest BCUT2D eigenvalue weighted by Crippen LogP contribution is 2.30. The molecule has 2 aromatic rings. The van der Waals surface area contributed by atoms with Crippen LogP contribution < -0.4 is 0 Å². The molecule has 2 rings (SSSR count). The first kappa shape index (κ1) is 7.80. The van der Waals surface area contributed by atoms with Crippen molar-refractivity contribution in [3.05, 3.63) is 34.2 Å². The highest BCUT2D eigenvalue weighted by atomic mass is 79.9. The van der Waals surface area contributed by atoms with E-state index < -0.39 is 0 Å². The fourth-order valence-electron chi connectivity index (χ4n) is 1.22. The van der Waals surface area contributed by atoms with Crippen LogP contribution in [-0.2, 0) is 0 Å². The molecular formula is C9H6BrFO. The Morgan fingerprint density at radius 3 is 2.83 bits per heavy atom. The molecule has 1 heterocycles. The first-order chi connectivity index (χ1) is 5.70. The molecule has 0 amide bonds. The maximum absolute atomic E-state index is 13.1. The molecule has 3 heteroatoms. The van der Waals surface area contributed by atoms with Gasteiger partial charge in [0.2, 0.25) is 0 Å². The predicted octanol–water partition coefficient (Wildman–Crippen LogP) is 3.64. The number of benzene rings is 1. The Morgan fingerprint density at radius 1 is 1.42 bits per heavy atom. The lowest BCUT2D eigenvalue weighted by atomic mass is 10.2. The van der Waals surface area contributed by atoms with Gasteiger partial charge in [0, 0.05) is 9.86 Å². The number of halogens is 2. The van der Waals surface area contributed by atoms with Crippen LogP contribution in [0.5, 0.6) is 0 Å². The zero-order valence-corrected chi connectivity index (χ0v) is 7.98. The Bertz CT molecular complexity index is 433. The third-order valence-corrected chi connectivity index (χ3v) is 2.47. The Kier molecular flexibility index (Phi) is 1.68. The number of furan rings is 1. The van der Waals surface area contributed by atoms with Gasteiger partial charge >= 0.3 is 0 Å². The van der Waals surface area contributed by atoms with Gasteiger partial charge in [-0.15, -0.1) is 0 Å². The summed E-state index contributed by atoms with van der Waals surface area (Å²) in [4.78, 5) is 0. The first-order valence-corrected chi connectivity index (χ1v) is 4.31. The lowest BCUT2D eigenvalue weighted by Gasteiger charge is -1.94. The maximum Gasteiger partial charge on any atom is 0.170 e. The van der Waals surface area contributed by atoms with Crippen molar-refractivity contribution in [3.8, 4) is 0 Å². The molecule has 12 heavy (non-hydrogen) atoms. The average molecular weight is 229 g/mol. The van der Waals surface area contributed by atoms with Crippen molar-refractivity contribution >= 4 is 26.9 Å². The quantitative estimate of drug-likeness (QED) is 0.672. The second kappa shape index (κ2) is 2.59. The van der Waals surface area contributed by atoms with Crippen molar-refractivity contribution in [2.24, 2.45) is 0 Å². The highest BCUT2D eigenvalue weighted by Gasteiger charge is 2.09. The van der Waals surface area contributed by atoms with E-state index in [0.29, 0.717) is 5.58 Å². The molecule has 0 saturated heterocycles. The van der Waals surface area contributed by atoms with Gasteiger partial charge in [-0.1, -0.05) is 15.9 Å². The minimum atomic E-state index is -0.318. The molecule has 0 fully saturated rings. The fourth-order valence-corrected chi connectivity index (χ4v) is 1.85. The van der Waals surface area contributed by atoms with Crippen LogP contribution >= 0.6 is 15.9 Å². The Labute approximate surface area is 77.3 Å². The zero-order chi connectivity index (χ0) is 8.72. The van der Waals surface area contributed by atoms with E-state index in [0.717, 1.165) is 15.4 Å². The van der Waals surface area contributed by atoms with E-state index in [1.165, 1.54) is 6.07 Å². The van der Waals surface area contributed by atoms with Crippen LogP contribution in [0.1, 0.15) is 5.56 Å². The van der Waals surface area contributed by atoms with E-state index in [1.807, 2.05) is 6.92 Å². The van der Waals surface area contributed by atoms with Gasteiger partial charge in [0.1, 0.15) is 0 Å². The second-order valence-corrected chi connectivity index (χ2v) is 3.51. The first-order valence-electron chi connectivity index (χ1n) is 3.52. The van der Waals surface area contributed by atoms with E-state index in [9.17, 15) is 4.39 Å². The van der Waals surface area contributed by atoms with Gasteiger partial charge in [-0.2, -0.15) is 0 Å². The van der Waals surface area contributed by atoms with Crippen LogP contribution in [0, 0.1) is 12.7 Å². The van der Waals surface area contributed by atoms with Gasteiger partial charge in [-0.3, -0.25) is 0 Å². The molecule has 1 nitrogen and oxygen atoms in total. The van der Waals surface area contributed by atoms with Gasteiger partial charge in [0.25, 0.3) is 0 Å². The van der Waals surface area contributed by atoms with E-state index in [-0.39, 0.29) is 5.82 Å². The van der Waals surface area contributed by atoms with Crippen LogP contribution in [0.4, 0.5) is 4.39 Å². The minimum Gasteiger partial charge on any atom is -0.461 e. The molecule has 0 aliphatic carbocycles. The van der Waals surface area contributed by atoms with Crippen LogP contribution in [0.15, 0.2) is 27.3 Å². The number of fused-ring (bicyclic) bond motifs is 1. The molecule has 0 aliphatic heterocycles. The summed E-state index contributed by atoms with van der Waals surface area (Å²) in [5.74, 6) is -0.318. The topological polar surface area (TPSA) is 13.1 Å². The number of aryl methyl sites for hydroxylation is 1. The maximum atomic E-state index is 13.1. The van der Waals surface area contributed by atoms with E-state index in [2.05, 4.69) is 15.9 Å². The molecule has 62 valence electrons. The SMILES string of the molecule is Cc1coc2c(F)ccc(Br)c12. The summed E-state index contributed by atoms with van der Waals surface area (Å²) < 4.78 is 19.0. The van der Waals surface area contributed by atoms with Crippen molar-refractivity contribution in [2.75, 3.05) is 0 Å². The zero-order valence-electron chi connectivity index (χ0n) is 6.40. The van der Waals surface area contributed by atoms with Crippen molar-refractivity contribution < 1.29 is 8.81 Å². The lowest BCUT2D eigenvalue weighted by molar-refractivity contribution is 0.559. The molecule has 1 aromatic heterocycles. The summed E-state index contributed by atoms with van der Waals surface area (Å²) in [5, 5.41) is 0.815. The van der Waals surface area contributed by atoms with Gasteiger partial charge in [0.15, 0.2) is 11.4 Å². The van der Waals surface area contributed by atoms with Gasteiger partial charge in [0.05, 0.1) is 6.26 Å². The summed E-state index contributed by atoms with van der Waals surface area (Å²) >= 11 is 3.33. The number of hydrogen-bond acceptors (Lipinski definition) is 1. The van der Waals surface area contributed by atoms with E-state index in [4.69, 9.17) is 4.42 Å². The van der Waals surface area contributed by atoms with Gasteiger partial charge in [-0.05, 0) is 24.6 Å². The third-order valence-electron chi connectivity index (χ3n) is 1.81. The minimum absolute atomic E-state index is 0.318. The standard InChI is InChI=1S/C9H6BrFO/c1-5-4-12-9-7(11)3-2-6(10)8(5)9/h2-4H,1H3. The lowest BCUT2D eigenvalue weighted by Crippen LogP contribution is -1.76. The van der Waals surface area contributed by atoms with Crippen LogP contribution in [0.25, 0.3) is 11.0 Å². The monoisotopic (exact) mass is 228 g/mol. The summed E-state index contributed by atoms with van der Waals surface area (Å²) in [6.07, 6.45) is 1.55. The fraction of sp³-hybridized carbons (Fsp3) is 0.111. The van der Waals surface area contributed by atoms with Gasteiger partial charge < -0.3 is 4.42 Å². The molecule has 0 atom stereocenters. The molecule has 0 radical (unpaired) electrons. The van der Waals surface area contributed by atoms with Crippen LogP contribution in [0.2, 0.25) is 0 Å². The Hall–Kier alpha value is -0.830. The van der Waals surface area contributed by atoms with Crippen molar-refractivity contribution in [3.63, 3.8) is 0 Å². The predicted molar refractivity (Wildman–Crippen MR) is 48.6 cm³/mol. The van der Waals surface area contributed by atoms with E-state index in [1.54, 1.807) is 12.3 Å². The number of rotatable bonds is 0. The van der Waals surface area contributed by atoms with Crippen LogP contribution in [-0.4, -0.2) is 0 Å². The second-order valence-electron chi connectivity index (χ2n) is 2.65. The summed E-state index contributed by atoms with van der Waals surface area (Å²) in [7, 11) is 0. The molecular weight excluding hydrogens is 223 g/mol. The molecule has 0 saturated carbocycles. The summed E-state index contributed by atoms with van der Waals surface area (Å²) in [6, 6.07) is 3.07. The summed E-state index contributed by atoms with van der Waals surface area (Å²) in [5.41, 5.74) is 1.26. The van der Waals surface area contributed by atoms with Gasteiger partial charge in [-0.25, -0.2) is 4.39 Å². The van der Waals surface area contributed by atoms with Crippen molar-refractivity contribution in [1.29, 1.82) is 0 Å². The molecule has 0 N–H and O–H groups in total. The van der Waals surface area contributed by atoms with Crippen LogP contribution in [0.3, 0.4) is 0 Å². The normalized spacial score (nSPS) is 10.9. The number of hydrogen-bond donors (Lipinski definition) is 0. The smallest absolute Gasteiger partial charge is 0.170 e. The van der Waals surface area contributed by atoms with Crippen molar-refractivity contribution in [2.45, 2.75) is 6.92 Å². The molecule has 0 unspecified atom stereocenters. The third kappa shape index (κ3) is 0.966. The Balaban J connectivity index is 2.98. The molecule has 0 bridgehead atoms. The molecule has 0 spiro atoms. The van der Waals surface area contributed by atoms with E-state index >= 15 is 0 Å². The highest BCUT2D eigenvalue weighted by molar-refractivity contribution is 9.10. The average Bonchev–Trinajstić information content (AvgIpc) is 2.42.